The van der Waals surface area contributed by atoms with Crippen molar-refractivity contribution in [2.24, 2.45) is 5.73 Å². The number of nitrogens with two attached hydrogens (primary N) is 1. The number of hydrogen-bond acceptors (Lipinski definition) is 4. The average molecular weight is 226 g/mol. The number of thioether (sulfide) groups is 1. The van der Waals surface area contributed by atoms with Crippen LogP contribution in [0.2, 0.25) is 0 Å². The Balaban J connectivity index is 2.31. The topological polar surface area (TPSA) is 58.3 Å². The molecule has 1 atom stereocenters. The van der Waals surface area contributed by atoms with Crippen molar-refractivity contribution in [2.75, 3.05) is 19.4 Å². The average Bonchev–Trinajstić information content (AvgIpc) is 2.29. The zero-order valence-corrected chi connectivity index (χ0v) is 9.76. The van der Waals surface area contributed by atoms with E-state index in [0.717, 1.165) is 6.54 Å². The van der Waals surface area contributed by atoms with E-state index in [1.54, 1.807) is 11.8 Å². The molecule has 0 aliphatic rings. The Morgan fingerprint density at radius 3 is 2.60 bits per heavy atom. The predicted octanol–water partition coefficient (Wildman–Crippen LogP) is 0.818. The fraction of sp³-hybridized carbons (Fsp3) is 0.455. The van der Waals surface area contributed by atoms with E-state index >= 15 is 0 Å². The summed E-state index contributed by atoms with van der Waals surface area (Å²) in [6, 6.07) is 8.24. The summed E-state index contributed by atoms with van der Waals surface area (Å²) in [6.07, 6.45) is 2.06. The van der Waals surface area contributed by atoms with E-state index in [4.69, 9.17) is 10.8 Å². The fourth-order valence-corrected chi connectivity index (χ4v) is 1.62. The molecule has 0 spiro atoms. The monoisotopic (exact) mass is 226 g/mol. The van der Waals surface area contributed by atoms with Crippen molar-refractivity contribution in [2.45, 2.75) is 17.5 Å². The third-order valence-electron chi connectivity index (χ3n) is 2.13. The van der Waals surface area contributed by atoms with Gasteiger partial charge in [-0.05, 0) is 24.0 Å². The molecule has 0 fully saturated rings. The van der Waals surface area contributed by atoms with Crippen LogP contribution in [0.3, 0.4) is 0 Å². The Morgan fingerprint density at radius 1 is 1.40 bits per heavy atom. The molecule has 4 heteroatoms. The van der Waals surface area contributed by atoms with Crippen LogP contribution >= 0.6 is 11.8 Å². The van der Waals surface area contributed by atoms with Crippen molar-refractivity contribution in [1.29, 1.82) is 0 Å². The number of hydrogen-bond donors (Lipinski definition) is 3. The minimum Gasteiger partial charge on any atom is -0.395 e. The highest BCUT2D eigenvalue weighted by molar-refractivity contribution is 7.98. The molecule has 3 nitrogen and oxygen atoms in total. The summed E-state index contributed by atoms with van der Waals surface area (Å²) in [6.45, 7) is 1.46. The largest absolute Gasteiger partial charge is 0.395 e. The van der Waals surface area contributed by atoms with Gasteiger partial charge >= 0.3 is 0 Å². The van der Waals surface area contributed by atoms with Crippen LogP contribution in [0.5, 0.6) is 0 Å². The Labute approximate surface area is 95.1 Å². The van der Waals surface area contributed by atoms with Crippen molar-refractivity contribution in [3.63, 3.8) is 0 Å². The Morgan fingerprint density at radius 2 is 2.07 bits per heavy atom. The molecule has 1 unspecified atom stereocenters. The van der Waals surface area contributed by atoms with Crippen LogP contribution in [0.4, 0.5) is 0 Å². The first kappa shape index (κ1) is 12.5. The quantitative estimate of drug-likeness (QED) is 0.629. The lowest BCUT2D eigenvalue weighted by molar-refractivity contribution is 0.262. The zero-order chi connectivity index (χ0) is 11.1. The maximum absolute atomic E-state index is 8.73. The molecular formula is C11H18N2OS. The third-order valence-corrected chi connectivity index (χ3v) is 2.87. The highest BCUT2D eigenvalue weighted by atomic mass is 32.2. The van der Waals surface area contributed by atoms with Gasteiger partial charge in [-0.1, -0.05) is 12.1 Å². The molecule has 0 saturated carbocycles. The Kier molecular flexibility index (Phi) is 5.71. The smallest absolute Gasteiger partial charge is 0.0594 e. The molecule has 0 aliphatic carbocycles. The summed E-state index contributed by atoms with van der Waals surface area (Å²) in [7, 11) is 0. The van der Waals surface area contributed by atoms with Crippen molar-refractivity contribution in [1.82, 2.24) is 5.32 Å². The maximum atomic E-state index is 8.73. The standard InChI is InChI=1S/C11H18N2OS/c1-15-11-4-2-9(3-5-11)6-13-7-10(12)8-14/h2-5,10,13-14H,6-8,12H2,1H3. The number of rotatable bonds is 6. The normalized spacial score (nSPS) is 12.7. The maximum Gasteiger partial charge on any atom is 0.0594 e. The van der Waals surface area contributed by atoms with E-state index < -0.39 is 0 Å². The van der Waals surface area contributed by atoms with Gasteiger partial charge < -0.3 is 16.2 Å². The number of aliphatic hydroxyl groups excluding tert-OH is 1. The molecule has 0 aliphatic heterocycles. The summed E-state index contributed by atoms with van der Waals surface area (Å²) < 4.78 is 0. The lowest BCUT2D eigenvalue weighted by Crippen LogP contribution is -2.36. The van der Waals surface area contributed by atoms with Crippen molar-refractivity contribution >= 4 is 11.8 Å². The summed E-state index contributed by atoms with van der Waals surface area (Å²) in [5, 5.41) is 11.9. The van der Waals surface area contributed by atoms with Gasteiger partial charge in [-0.2, -0.15) is 0 Å². The van der Waals surface area contributed by atoms with E-state index in [0.29, 0.717) is 6.54 Å². The predicted molar refractivity (Wildman–Crippen MR) is 65.0 cm³/mol. The van der Waals surface area contributed by atoms with Gasteiger partial charge in [0.15, 0.2) is 0 Å². The van der Waals surface area contributed by atoms with Gasteiger partial charge in [0, 0.05) is 24.0 Å². The molecule has 1 aromatic carbocycles. The molecule has 0 aromatic heterocycles. The van der Waals surface area contributed by atoms with Gasteiger partial charge in [0.1, 0.15) is 0 Å². The first-order valence-electron chi connectivity index (χ1n) is 4.96. The van der Waals surface area contributed by atoms with Gasteiger partial charge in [-0.25, -0.2) is 0 Å². The zero-order valence-electron chi connectivity index (χ0n) is 8.94. The molecule has 0 bridgehead atoms. The second-order valence-corrected chi connectivity index (χ2v) is 4.30. The van der Waals surface area contributed by atoms with Crippen LogP contribution < -0.4 is 11.1 Å². The first-order chi connectivity index (χ1) is 7.26. The number of benzene rings is 1. The van der Waals surface area contributed by atoms with Crippen LogP contribution in [0.15, 0.2) is 29.2 Å². The molecule has 0 radical (unpaired) electrons. The van der Waals surface area contributed by atoms with Gasteiger partial charge in [-0.3, -0.25) is 0 Å². The van der Waals surface area contributed by atoms with E-state index in [1.165, 1.54) is 10.5 Å². The molecule has 15 heavy (non-hydrogen) atoms. The van der Waals surface area contributed by atoms with Gasteiger partial charge in [0.2, 0.25) is 0 Å². The minimum atomic E-state index is -0.171. The van der Waals surface area contributed by atoms with Gasteiger partial charge in [0.25, 0.3) is 0 Å². The second kappa shape index (κ2) is 6.85. The summed E-state index contributed by atoms with van der Waals surface area (Å²) >= 11 is 1.74. The fourth-order valence-electron chi connectivity index (χ4n) is 1.21. The highest BCUT2D eigenvalue weighted by Crippen LogP contribution is 2.14. The SMILES string of the molecule is CSc1ccc(CNCC(N)CO)cc1. The minimum absolute atomic E-state index is 0.0262. The number of nitrogens with one attached hydrogen (secondary N) is 1. The molecule has 0 amide bonds. The van der Waals surface area contributed by atoms with Crippen LogP contribution in [0.25, 0.3) is 0 Å². The molecule has 1 aromatic rings. The molecule has 1 rings (SSSR count). The van der Waals surface area contributed by atoms with E-state index in [-0.39, 0.29) is 12.6 Å². The third kappa shape index (κ3) is 4.66. The van der Waals surface area contributed by atoms with Crippen molar-refractivity contribution in [3.8, 4) is 0 Å². The van der Waals surface area contributed by atoms with Crippen LogP contribution in [-0.4, -0.2) is 30.6 Å². The van der Waals surface area contributed by atoms with Gasteiger partial charge in [0.05, 0.1) is 6.61 Å². The molecular weight excluding hydrogens is 208 g/mol. The Hall–Kier alpha value is -0.550. The number of aliphatic hydroxyl groups is 1. The summed E-state index contributed by atoms with van der Waals surface area (Å²) in [4.78, 5) is 1.27. The Bertz CT molecular complexity index is 276. The highest BCUT2D eigenvalue weighted by Gasteiger charge is 1.99. The first-order valence-corrected chi connectivity index (χ1v) is 6.19. The second-order valence-electron chi connectivity index (χ2n) is 3.42. The molecule has 4 N–H and O–H groups in total. The van der Waals surface area contributed by atoms with Crippen molar-refractivity contribution < 1.29 is 5.11 Å². The molecule has 0 heterocycles. The van der Waals surface area contributed by atoms with E-state index in [1.807, 2.05) is 0 Å². The lowest BCUT2D eigenvalue weighted by atomic mass is 10.2. The molecule has 0 saturated heterocycles. The molecule has 84 valence electrons. The van der Waals surface area contributed by atoms with E-state index in [2.05, 4.69) is 35.8 Å². The van der Waals surface area contributed by atoms with Crippen LogP contribution in [0.1, 0.15) is 5.56 Å². The van der Waals surface area contributed by atoms with Crippen molar-refractivity contribution in [3.05, 3.63) is 29.8 Å². The van der Waals surface area contributed by atoms with Crippen LogP contribution in [-0.2, 0) is 6.54 Å². The van der Waals surface area contributed by atoms with Crippen LogP contribution in [0, 0.1) is 0 Å². The summed E-state index contributed by atoms with van der Waals surface area (Å²) in [5.41, 5.74) is 6.80. The lowest BCUT2D eigenvalue weighted by Gasteiger charge is -2.09. The van der Waals surface area contributed by atoms with E-state index in [9.17, 15) is 0 Å². The summed E-state index contributed by atoms with van der Waals surface area (Å²) in [5.74, 6) is 0. The van der Waals surface area contributed by atoms with Gasteiger partial charge in [-0.15, -0.1) is 11.8 Å².